The number of hydrogen-bond donors (Lipinski definition) is 3. The number of rotatable bonds is 8. The van der Waals surface area contributed by atoms with Crippen molar-refractivity contribution in [3.05, 3.63) is 102 Å². The summed E-state index contributed by atoms with van der Waals surface area (Å²) in [6.07, 6.45) is 3.61. The molecular weight excluding hydrogens is 456 g/mol. The van der Waals surface area contributed by atoms with Crippen molar-refractivity contribution in [2.45, 2.75) is 31.9 Å². The summed E-state index contributed by atoms with van der Waals surface area (Å²) in [5.41, 5.74) is 5.00. The van der Waals surface area contributed by atoms with E-state index in [-0.39, 0.29) is 5.91 Å². The molecule has 8 heteroatoms. The summed E-state index contributed by atoms with van der Waals surface area (Å²) in [5.74, 6) is -0.954. The van der Waals surface area contributed by atoms with Crippen LogP contribution in [0.4, 0.5) is 0 Å². The summed E-state index contributed by atoms with van der Waals surface area (Å²) in [6, 6.07) is 20.8. The molecule has 2 amide bonds. The van der Waals surface area contributed by atoms with Gasteiger partial charge in [-0.05, 0) is 60.9 Å². The summed E-state index contributed by atoms with van der Waals surface area (Å²) in [6.45, 7) is 2.58. The van der Waals surface area contributed by atoms with Crippen molar-refractivity contribution in [1.82, 2.24) is 20.8 Å². The molecule has 1 aliphatic rings. The molecule has 1 aliphatic carbocycles. The van der Waals surface area contributed by atoms with E-state index in [0.29, 0.717) is 30.9 Å². The number of hydrogen-bond acceptors (Lipinski definition) is 6. The quantitative estimate of drug-likeness (QED) is 0.261. The number of hydroxylamine groups is 1. The zero-order chi connectivity index (χ0) is 25.1. The van der Waals surface area contributed by atoms with E-state index in [1.54, 1.807) is 23.9 Å². The fourth-order valence-electron chi connectivity index (χ4n) is 4.74. The van der Waals surface area contributed by atoms with Crippen LogP contribution in [-0.4, -0.2) is 27.0 Å². The van der Waals surface area contributed by atoms with E-state index >= 15 is 0 Å². The van der Waals surface area contributed by atoms with Crippen molar-refractivity contribution in [1.29, 1.82) is 0 Å². The molecule has 4 aromatic rings. The number of amides is 2. The first kappa shape index (κ1) is 23.4. The highest BCUT2D eigenvalue weighted by Crippen LogP contribution is 2.55. The van der Waals surface area contributed by atoms with E-state index in [1.165, 1.54) is 0 Å². The number of nitrogens with one attached hydrogen (secondary N) is 2. The first-order valence-corrected chi connectivity index (χ1v) is 11.7. The molecule has 8 nitrogen and oxygen atoms in total. The van der Waals surface area contributed by atoms with Gasteiger partial charge in [0.15, 0.2) is 0 Å². The van der Waals surface area contributed by atoms with Gasteiger partial charge in [0.1, 0.15) is 12.4 Å². The van der Waals surface area contributed by atoms with Crippen LogP contribution in [0.1, 0.15) is 28.8 Å². The van der Waals surface area contributed by atoms with Crippen LogP contribution in [0.5, 0.6) is 5.75 Å². The van der Waals surface area contributed by atoms with Crippen LogP contribution in [-0.2, 0) is 28.2 Å². The largest absolute Gasteiger partial charge is 0.489 e. The van der Waals surface area contributed by atoms with Crippen LogP contribution in [0.3, 0.4) is 0 Å². The molecule has 0 saturated heterocycles. The van der Waals surface area contributed by atoms with Gasteiger partial charge in [0.25, 0.3) is 0 Å². The molecule has 0 radical (unpaired) electrons. The molecule has 2 atom stereocenters. The monoisotopic (exact) mass is 482 g/mol. The van der Waals surface area contributed by atoms with E-state index < -0.39 is 17.2 Å². The molecular formula is C28H26N4O4. The van der Waals surface area contributed by atoms with Crippen LogP contribution in [0, 0.1) is 12.8 Å². The van der Waals surface area contributed by atoms with Crippen LogP contribution in [0.15, 0.2) is 79.1 Å². The fraction of sp³-hybridized carbons (Fsp3) is 0.214. The van der Waals surface area contributed by atoms with Crippen molar-refractivity contribution in [3.8, 4) is 5.75 Å². The SMILES string of the molecule is Cc1cc(COc2cccc([C@@]3(C(=O)NCc4ccncc4)C[C@H]3C(=O)NO)c2)c2ccccc2n1. The summed E-state index contributed by atoms with van der Waals surface area (Å²) >= 11 is 0. The number of aryl methyl sites for hydroxylation is 1. The second-order valence-corrected chi connectivity index (χ2v) is 9.00. The van der Waals surface area contributed by atoms with Crippen molar-refractivity contribution in [3.63, 3.8) is 0 Å². The van der Waals surface area contributed by atoms with Crippen LogP contribution < -0.4 is 15.5 Å². The minimum absolute atomic E-state index is 0.277. The molecule has 182 valence electrons. The molecule has 0 unspecified atom stereocenters. The van der Waals surface area contributed by atoms with Gasteiger partial charge >= 0.3 is 0 Å². The maximum Gasteiger partial charge on any atom is 0.247 e. The third-order valence-corrected chi connectivity index (χ3v) is 6.67. The molecule has 2 heterocycles. The van der Waals surface area contributed by atoms with E-state index in [9.17, 15) is 14.8 Å². The predicted octanol–water partition coefficient (Wildman–Crippen LogP) is 3.60. The Labute approximate surface area is 208 Å². The molecule has 3 N–H and O–H groups in total. The van der Waals surface area contributed by atoms with Gasteiger partial charge in [-0.25, -0.2) is 5.48 Å². The summed E-state index contributed by atoms with van der Waals surface area (Å²) in [7, 11) is 0. The second kappa shape index (κ2) is 9.75. The summed E-state index contributed by atoms with van der Waals surface area (Å²) in [4.78, 5) is 34.2. The number of carbonyl (C=O) groups is 2. The standard InChI is InChI=1S/C28H26N4O4/c1-18-13-20(23-7-2-3-8-25(23)31-18)17-36-22-6-4-5-21(14-22)28(15-24(28)26(33)32-35)27(34)30-16-19-9-11-29-12-10-19/h2-14,24,35H,15-17H2,1H3,(H,30,34)(H,32,33)/t24-,28-/m0/s1. The predicted molar refractivity (Wildman–Crippen MR) is 133 cm³/mol. The number of pyridine rings is 2. The molecule has 1 fully saturated rings. The lowest BCUT2D eigenvalue weighted by Crippen LogP contribution is -2.38. The highest BCUT2D eigenvalue weighted by molar-refractivity contribution is 6.00. The Morgan fingerprint density at radius 1 is 1.08 bits per heavy atom. The fourth-order valence-corrected chi connectivity index (χ4v) is 4.74. The molecule has 2 aromatic carbocycles. The lowest BCUT2D eigenvalue weighted by Gasteiger charge is -2.19. The van der Waals surface area contributed by atoms with Gasteiger partial charge in [0.05, 0.1) is 16.8 Å². The summed E-state index contributed by atoms with van der Waals surface area (Å²) < 4.78 is 6.13. The maximum absolute atomic E-state index is 13.4. The molecule has 2 aromatic heterocycles. The third kappa shape index (κ3) is 4.50. The number of nitrogens with zero attached hydrogens (tertiary/aromatic N) is 2. The van der Waals surface area contributed by atoms with Crippen LogP contribution in [0.2, 0.25) is 0 Å². The van der Waals surface area contributed by atoms with Gasteiger partial charge in [-0.1, -0.05) is 30.3 Å². The topological polar surface area (TPSA) is 113 Å². The number of aromatic nitrogens is 2. The Hall–Kier alpha value is -4.30. The van der Waals surface area contributed by atoms with Gasteiger partial charge < -0.3 is 10.1 Å². The Balaban J connectivity index is 1.38. The second-order valence-electron chi connectivity index (χ2n) is 9.00. The normalized spacial score (nSPS) is 18.4. The number of para-hydroxylation sites is 1. The van der Waals surface area contributed by atoms with Gasteiger partial charge in [-0.15, -0.1) is 0 Å². The van der Waals surface area contributed by atoms with E-state index in [4.69, 9.17) is 4.74 Å². The highest BCUT2D eigenvalue weighted by Gasteiger charge is 2.64. The van der Waals surface area contributed by atoms with Gasteiger partial charge in [0, 0.05) is 35.6 Å². The highest BCUT2D eigenvalue weighted by atomic mass is 16.5. The maximum atomic E-state index is 13.4. The van der Waals surface area contributed by atoms with Crippen LogP contribution >= 0.6 is 0 Å². The molecule has 0 aliphatic heterocycles. The molecule has 5 rings (SSSR count). The number of fused-ring (bicyclic) bond motifs is 1. The number of benzene rings is 2. The zero-order valence-electron chi connectivity index (χ0n) is 19.8. The Morgan fingerprint density at radius 3 is 2.69 bits per heavy atom. The first-order chi connectivity index (χ1) is 17.5. The molecule has 0 bridgehead atoms. The van der Waals surface area contributed by atoms with Gasteiger partial charge in [-0.2, -0.15) is 0 Å². The molecule has 0 spiro atoms. The van der Waals surface area contributed by atoms with Crippen molar-refractivity contribution in [2.75, 3.05) is 0 Å². The van der Waals surface area contributed by atoms with Crippen molar-refractivity contribution >= 4 is 22.7 Å². The smallest absolute Gasteiger partial charge is 0.247 e. The summed E-state index contributed by atoms with van der Waals surface area (Å²) in [5, 5.41) is 13.2. The van der Waals surface area contributed by atoms with E-state index in [2.05, 4.69) is 15.3 Å². The van der Waals surface area contributed by atoms with Gasteiger partial charge in [0.2, 0.25) is 11.8 Å². The average molecular weight is 483 g/mol. The van der Waals surface area contributed by atoms with E-state index in [0.717, 1.165) is 27.7 Å². The zero-order valence-corrected chi connectivity index (χ0v) is 19.8. The minimum atomic E-state index is -1.08. The Morgan fingerprint density at radius 2 is 1.89 bits per heavy atom. The minimum Gasteiger partial charge on any atom is -0.489 e. The van der Waals surface area contributed by atoms with Crippen molar-refractivity contribution < 1.29 is 19.5 Å². The molecule has 1 saturated carbocycles. The average Bonchev–Trinajstić information content (AvgIpc) is 3.68. The third-order valence-electron chi connectivity index (χ3n) is 6.67. The number of carbonyl (C=O) groups excluding carboxylic acids is 2. The lowest BCUT2D eigenvalue weighted by atomic mass is 9.91. The number of ether oxygens (including phenoxy) is 1. The first-order valence-electron chi connectivity index (χ1n) is 11.7. The van der Waals surface area contributed by atoms with E-state index in [1.807, 2.05) is 67.6 Å². The Kier molecular flexibility index (Phi) is 6.35. The Bertz CT molecular complexity index is 1430. The van der Waals surface area contributed by atoms with Gasteiger partial charge in [-0.3, -0.25) is 24.8 Å². The van der Waals surface area contributed by atoms with Crippen LogP contribution in [0.25, 0.3) is 10.9 Å². The molecule has 36 heavy (non-hydrogen) atoms. The lowest BCUT2D eigenvalue weighted by molar-refractivity contribution is -0.133. The van der Waals surface area contributed by atoms with Crippen molar-refractivity contribution in [2.24, 2.45) is 5.92 Å².